The predicted octanol–water partition coefficient (Wildman–Crippen LogP) is 4.27. The number of nitrogens with one attached hydrogen (secondary N) is 1. The van der Waals surface area contributed by atoms with Crippen molar-refractivity contribution in [3.8, 4) is 10.7 Å². The molecule has 2 aromatic heterocycles. The molecule has 0 radical (unpaired) electrons. The van der Waals surface area contributed by atoms with Crippen molar-refractivity contribution in [2.75, 3.05) is 38.2 Å². The molecule has 0 bridgehead atoms. The van der Waals surface area contributed by atoms with Gasteiger partial charge in [-0.05, 0) is 48.8 Å². The van der Waals surface area contributed by atoms with Gasteiger partial charge in [0.05, 0.1) is 17.0 Å². The first-order chi connectivity index (χ1) is 13.8. The summed E-state index contributed by atoms with van der Waals surface area (Å²) in [5, 5.41) is 6.92. The summed E-state index contributed by atoms with van der Waals surface area (Å²) in [6, 6.07) is 12.9. The predicted molar refractivity (Wildman–Crippen MR) is 115 cm³/mol. The van der Waals surface area contributed by atoms with E-state index >= 15 is 0 Å². The lowest BCUT2D eigenvalue weighted by molar-refractivity contribution is 0.154. The Balaban J connectivity index is 1.31. The number of fused-ring (bicyclic) bond motifs is 1. The molecule has 1 aromatic carbocycles. The first-order valence-corrected chi connectivity index (χ1v) is 11.1. The van der Waals surface area contributed by atoms with Crippen LogP contribution in [-0.2, 0) is 4.74 Å². The molecule has 0 amide bonds. The number of rotatable bonds is 5. The lowest BCUT2D eigenvalue weighted by Crippen LogP contribution is -2.41. The standard InChI is InChI=1S/C22H26N4OS/c1-2-5-19-18(4-1)21(25-22(24-19)20-6-3-13-28-20)23-17-7-10-26(11-8-17)14-16-9-12-27-15-16/h1-6,13,16-17H,7-12,14-15H2,(H,23,24,25). The van der Waals surface area contributed by atoms with Crippen molar-refractivity contribution >= 4 is 28.1 Å². The number of likely N-dealkylation sites (tertiary alicyclic amines) is 1. The molecule has 1 unspecified atom stereocenters. The number of para-hydroxylation sites is 1. The van der Waals surface area contributed by atoms with Gasteiger partial charge in [0, 0.05) is 37.7 Å². The Kier molecular flexibility index (Phi) is 5.25. The van der Waals surface area contributed by atoms with E-state index in [2.05, 4.69) is 45.9 Å². The molecule has 0 aliphatic carbocycles. The fourth-order valence-electron chi connectivity index (χ4n) is 4.25. The number of ether oxygens (including phenoxy) is 1. The van der Waals surface area contributed by atoms with Crippen molar-refractivity contribution in [1.82, 2.24) is 14.9 Å². The van der Waals surface area contributed by atoms with E-state index in [9.17, 15) is 0 Å². The van der Waals surface area contributed by atoms with Crippen LogP contribution < -0.4 is 5.32 Å². The number of thiophene rings is 1. The zero-order valence-electron chi connectivity index (χ0n) is 16.0. The van der Waals surface area contributed by atoms with E-state index in [1.54, 1.807) is 11.3 Å². The molecule has 2 fully saturated rings. The molecule has 0 saturated carbocycles. The lowest BCUT2D eigenvalue weighted by Gasteiger charge is -2.34. The molecule has 0 spiro atoms. The number of benzene rings is 1. The normalized spacial score (nSPS) is 21.4. The first kappa shape index (κ1) is 18.0. The van der Waals surface area contributed by atoms with Gasteiger partial charge in [-0.15, -0.1) is 11.3 Å². The second kappa shape index (κ2) is 8.15. The van der Waals surface area contributed by atoms with Crippen LogP contribution in [0, 0.1) is 5.92 Å². The molecular formula is C22H26N4OS. The SMILES string of the molecule is c1csc(-c2nc(NC3CCN(CC4CCOC4)CC3)c3ccccc3n2)c1. The molecule has 1 N–H and O–H groups in total. The van der Waals surface area contributed by atoms with Gasteiger partial charge in [0.15, 0.2) is 5.82 Å². The molecule has 2 aliphatic heterocycles. The van der Waals surface area contributed by atoms with Crippen molar-refractivity contribution in [1.29, 1.82) is 0 Å². The molecule has 5 rings (SSSR count). The monoisotopic (exact) mass is 394 g/mol. The Hall–Kier alpha value is -2.02. The number of aromatic nitrogens is 2. The largest absolute Gasteiger partial charge is 0.381 e. The van der Waals surface area contributed by atoms with Crippen LogP contribution in [0.25, 0.3) is 21.6 Å². The molecular weight excluding hydrogens is 368 g/mol. The van der Waals surface area contributed by atoms with E-state index in [-0.39, 0.29) is 0 Å². The van der Waals surface area contributed by atoms with Crippen LogP contribution in [0.2, 0.25) is 0 Å². The van der Waals surface area contributed by atoms with Crippen LogP contribution in [0.3, 0.4) is 0 Å². The smallest absolute Gasteiger partial charge is 0.172 e. The Morgan fingerprint density at radius 1 is 1.07 bits per heavy atom. The van der Waals surface area contributed by atoms with E-state index in [1.807, 2.05) is 6.07 Å². The second-order valence-electron chi connectivity index (χ2n) is 7.84. The summed E-state index contributed by atoms with van der Waals surface area (Å²) in [7, 11) is 0. The molecule has 4 heterocycles. The third kappa shape index (κ3) is 3.90. The minimum Gasteiger partial charge on any atom is -0.381 e. The highest BCUT2D eigenvalue weighted by Gasteiger charge is 2.24. The van der Waals surface area contributed by atoms with Crippen molar-refractivity contribution in [3.05, 3.63) is 41.8 Å². The van der Waals surface area contributed by atoms with E-state index in [0.29, 0.717) is 6.04 Å². The molecule has 28 heavy (non-hydrogen) atoms. The van der Waals surface area contributed by atoms with Crippen LogP contribution in [-0.4, -0.2) is 53.8 Å². The number of hydrogen-bond donors (Lipinski definition) is 1. The lowest BCUT2D eigenvalue weighted by atomic mass is 10.0. The summed E-state index contributed by atoms with van der Waals surface area (Å²) in [6.07, 6.45) is 3.52. The number of piperidine rings is 1. The van der Waals surface area contributed by atoms with Gasteiger partial charge in [0.2, 0.25) is 0 Å². The van der Waals surface area contributed by atoms with Crippen LogP contribution in [0.1, 0.15) is 19.3 Å². The Morgan fingerprint density at radius 2 is 1.96 bits per heavy atom. The molecule has 2 aliphatic rings. The van der Waals surface area contributed by atoms with Crippen LogP contribution in [0.4, 0.5) is 5.82 Å². The third-order valence-electron chi connectivity index (χ3n) is 5.81. The highest BCUT2D eigenvalue weighted by atomic mass is 32.1. The van der Waals surface area contributed by atoms with Gasteiger partial charge in [-0.1, -0.05) is 18.2 Å². The quantitative estimate of drug-likeness (QED) is 0.700. The van der Waals surface area contributed by atoms with Gasteiger partial charge in [0.25, 0.3) is 0 Å². The average Bonchev–Trinajstić information content (AvgIpc) is 3.44. The van der Waals surface area contributed by atoms with Crippen LogP contribution >= 0.6 is 11.3 Å². The van der Waals surface area contributed by atoms with Crippen LogP contribution in [0.15, 0.2) is 41.8 Å². The minimum atomic E-state index is 0.463. The molecule has 2 saturated heterocycles. The third-order valence-corrected chi connectivity index (χ3v) is 6.68. The summed E-state index contributed by atoms with van der Waals surface area (Å²) in [6.45, 7) is 5.36. The molecule has 5 nitrogen and oxygen atoms in total. The van der Waals surface area contributed by atoms with Crippen molar-refractivity contribution in [2.45, 2.75) is 25.3 Å². The molecule has 6 heteroatoms. The Morgan fingerprint density at radius 3 is 2.75 bits per heavy atom. The maximum Gasteiger partial charge on any atom is 0.172 e. The van der Waals surface area contributed by atoms with E-state index in [0.717, 1.165) is 72.5 Å². The van der Waals surface area contributed by atoms with Gasteiger partial charge in [-0.2, -0.15) is 0 Å². The summed E-state index contributed by atoms with van der Waals surface area (Å²) in [4.78, 5) is 13.4. The van der Waals surface area contributed by atoms with E-state index in [4.69, 9.17) is 14.7 Å². The number of hydrogen-bond acceptors (Lipinski definition) is 6. The maximum atomic E-state index is 5.53. The summed E-state index contributed by atoms with van der Waals surface area (Å²) in [5.74, 6) is 2.51. The summed E-state index contributed by atoms with van der Waals surface area (Å²) >= 11 is 1.68. The molecule has 1 atom stereocenters. The minimum absolute atomic E-state index is 0.463. The van der Waals surface area contributed by atoms with Crippen LogP contribution in [0.5, 0.6) is 0 Å². The van der Waals surface area contributed by atoms with Crippen molar-refractivity contribution in [3.63, 3.8) is 0 Å². The summed E-state index contributed by atoms with van der Waals surface area (Å²) in [5.41, 5.74) is 1.00. The van der Waals surface area contributed by atoms with Gasteiger partial charge >= 0.3 is 0 Å². The van der Waals surface area contributed by atoms with Gasteiger partial charge in [0.1, 0.15) is 5.82 Å². The van der Waals surface area contributed by atoms with E-state index in [1.165, 1.54) is 13.0 Å². The van der Waals surface area contributed by atoms with E-state index < -0.39 is 0 Å². The van der Waals surface area contributed by atoms with Gasteiger partial charge in [-0.3, -0.25) is 0 Å². The average molecular weight is 395 g/mol. The Bertz CT molecular complexity index is 915. The van der Waals surface area contributed by atoms with Crippen molar-refractivity contribution in [2.24, 2.45) is 5.92 Å². The fourth-order valence-corrected chi connectivity index (χ4v) is 4.91. The van der Waals surface area contributed by atoms with Crippen molar-refractivity contribution < 1.29 is 4.74 Å². The topological polar surface area (TPSA) is 50.3 Å². The number of anilines is 1. The highest BCUT2D eigenvalue weighted by Crippen LogP contribution is 2.29. The summed E-state index contributed by atoms with van der Waals surface area (Å²) < 4.78 is 5.53. The fraction of sp³-hybridized carbons (Fsp3) is 0.455. The maximum absolute atomic E-state index is 5.53. The molecule has 3 aromatic rings. The second-order valence-corrected chi connectivity index (χ2v) is 8.79. The van der Waals surface area contributed by atoms with Gasteiger partial charge in [-0.25, -0.2) is 9.97 Å². The zero-order chi connectivity index (χ0) is 18.8. The van der Waals surface area contributed by atoms with Gasteiger partial charge < -0.3 is 15.0 Å². The number of nitrogens with zero attached hydrogens (tertiary/aromatic N) is 3. The Labute approximate surface area is 169 Å². The zero-order valence-corrected chi connectivity index (χ0v) is 16.8. The molecule has 146 valence electrons. The first-order valence-electron chi connectivity index (χ1n) is 10.2. The highest BCUT2D eigenvalue weighted by molar-refractivity contribution is 7.13.